The average Bonchev–Trinajstić information content (AvgIpc) is 2.26. The zero-order valence-electron chi connectivity index (χ0n) is 11.3. The molecule has 0 aromatic rings. The van der Waals surface area contributed by atoms with Crippen LogP contribution >= 0.6 is 0 Å². The first kappa shape index (κ1) is 16.7. The van der Waals surface area contributed by atoms with Crippen LogP contribution in [0.1, 0.15) is 20.3 Å². The van der Waals surface area contributed by atoms with Gasteiger partial charge < -0.3 is 5.11 Å². The lowest BCUT2D eigenvalue weighted by molar-refractivity contribution is 0.107. The van der Waals surface area contributed by atoms with E-state index in [9.17, 15) is 17.2 Å². The van der Waals surface area contributed by atoms with Crippen LogP contribution in [0, 0.1) is 11.8 Å². The van der Waals surface area contributed by atoms with Gasteiger partial charge in [-0.15, -0.1) is 0 Å². The lowest BCUT2D eigenvalue weighted by Crippen LogP contribution is -2.51. The molecule has 0 aromatic heterocycles. The minimum Gasteiger partial charge on any atom is -0.395 e. The Kier molecular flexibility index (Phi) is 6.10. The van der Waals surface area contributed by atoms with E-state index in [2.05, 4.69) is 0 Å². The molecule has 1 N–H and O–H groups in total. The summed E-state index contributed by atoms with van der Waals surface area (Å²) >= 11 is 0. The van der Waals surface area contributed by atoms with E-state index in [4.69, 9.17) is 5.11 Å². The second-order valence-electron chi connectivity index (χ2n) is 5.24. The van der Waals surface area contributed by atoms with E-state index < -0.39 is 29.8 Å². The highest BCUT2D eigenvalue weighted by Gasteiger charge is 2.35. The van der Waals surface area contributed by atoms with Gasteiger partial charge in [0.1, 0.15) is 0 Å². The lowest BCUT2D eigenvalue weighted by atomic mass is 9.94. The normalized spacial score (nSPS) is 26.3. The van der Waals surface area contributed by atoms with Crippen LogP contribution in [0.3, 0.4) is 0 Å². The minimum absolute atomic E-state index is 0.209. The molecule has 0 amide bonds. The van der Waals surface area contributed by atoms with E-state index >= 15 is 0 Å². The smallest absolute Gasteiger partial charge is 0.282 e. The zero-order chi connectivity index (χ0) is 14.6. The van der Waals surface area contributed by atoms with Crippen LogP contribution in [0.2, 0.25) is 0 Å². The van der Waals surface area contributed by atoms with Gasteiger partial charge in [0.2, 0.25) is 0 Å². The Morgan fingerprint density at radius 3 is 2.26 bits per heavy atom. The van der Waals surface area contributed by atoms with Crippen LogP contribution in [0.4, 0.5) is 8.78 Å². The van der Waals surface area contributed by atoms with E-state index in [1.165, 1.54) is 4.31 Å². The molecule has 8 heteroatoms. The highest BCUT2D eigenvalue weighted by molar-refractivity contribution is 7.86. The first-order valence-corrected chi connectivity index (χ1v) is 7.81. The number of nitrogens with zero attached hydrogens (tertiary/aromatic N) is 2. The van der Waals surface area contributed by atoms with Gasteiger partial charge in [-0.3, -0.25) is 0 Å². The molecule has 5 nitrogen and oxygen atoms in total. The Balaban J connectivity index is 2.85. The third-order valence-corrected chi connectivity index (χ3v) is 5.11. The standard InChI is InChI=1S/C11H22F2N2O3S/c1-9-5-10(2)7-15(6-9)19(17,18)14(3-4-16)8-11(12)13/h9-11,16H,3-8H2,1-2H3. The number of rotatable bonds is 6. The lowest BCUT2D eigenvalue weighted by Gasteiger charge is -2.37. The van der Waals surface area contributed by atoms with Crippen molar-refractivity contribution in [3.8, 4) is 0 Å². The number of halogens is 2. The van der Waals surface area contributed by atoms with Crippen LogP contribution in [-0.2, 0) is 10.2 Å². The van der Waals surface area contributed by atoms with E-state index in [0.29, 0.717) is 17.4 Å². The van der Waals surface area contributed by atoms with Crippen molar-refractivity contribution in [2.45, 2.75) is 26.7 Å². The molecule has 2 unspecified atom stereocenters. The largest absolute Gasteiger partial charge is 0.395 e. The van der Waals surface area contributed by atoms with Crippen LogP contribution in [0.15, 0.2) is 0 Å². The predicted molar refractivity (Wildman–Crippen MR) is 68.1 cm³/mol. The molecule has 19 heavy (non-hydrogen) atoms. The molecule has 0 saturated carbocycles. The number of piperidine rings is 1. The van der Waals surface area contributed by atoms with Crippen molar-refractivity contribution in [2.24, 2.45) is 11.8 Å². The van der Waals surface area contributed by atoms with E-state index in [0.717, 1.165) is 6.42 Å². The predicted octanol–water partition coefficient (Wildman–Crippen LogP) is 0.769. The van der Waals surface area contributed by atoms with Crippen LogP contribution < -0.4 is 0 Å². The van der Waals surface area contributed by atoms with Gasteiger partial charge in [0.25, 0.3) is 16.6 Å². The van der Waals surface area contributed by atoms with Crippen LogP contribution in [0.5, 0.6) is 0 Å². The molecule has 1 saturated heterocycles. The number of aliphatic hydroxyl groups is 1. The summed E-state index contributed by atoms with van der Waals surface area (Å²) in [5.41, 5.74) is 0. The van der Waals surface area contributed by atoms with Crippen molar-refractivity contribution in [3.63, 3.8) is 0 Å². The molecule has 0 radical (unpaired) electrons. The summed E-state index contributed by atoms with van der Waals surface area (Å²) in [5, 5.41) is 8.85. The molecule has 2 atom stereocenters. The van der Waals surface area contributed by atoms with E-state index in [1.807, 2.05) is 13.8 Å². The van der Waals surface area contributed by atoms with E-state index in [-0.39, 0.29) is 18.4 Å². The molecule has 1 heterocycles. The summed E-state index contributed by atoms with van der Waals surface area (Å²) in [6.45, 7) is 2.94. The SMILES string of the molecule is CC1CC(C)CN(S(=O)(=O)N(CCO)CC(F)F)C1. The van der Waals surface area contributed by atoms with Crippen molar-refractivity contribution in [1.82, 2.24) is 8.61 Å². The fraction of sp³-hybridized carbons (Fsp3) is 1.00. The summed E-state index contributed by atoms with van der Waals surface area (Å²) in [6, 6.07) is 0. The third kappa shape index (κ3) is 4.62. The Morgan fingerprint density at radius 1 is 1.32 bits per heavy atom. The van der Waals surface area contributed by atoms with Gasteiger partial charge in [0, 0.05) is 19.6 Å². The molecule has 0 aliphatic carbocycles. The molecular weight excluding hydrogens is 278 g/mol. The first-order valence-electron chi connectivity index (χ1n) is 6.41. The van der Waals surface area contributed by atoms with Gasteiger partial charge in [-0.2, -0.15) is 17.0 Å². The molecular formula is C11H22F2N2O3S. The summed E-state index contributed by atoms with van der Waals surface area (Å²) in [6.07, 6.45) is -1.82. The fourth-order valence-corrected chi connectivity index (χ4v) is 4.35. The van der Waals surface area contributed by atoms with Gasteiger partial charge in [0.15, 0.2) is 0 Å². The maximum atomic E-state index is 12.5. The maximum Gasteiger partial charge on any atom is 0.282 e. The molecule has 114 valence electrons. The number of alkyl halides is 2. The highest BCUT2D eigenvalue weighted by Crippen LogP contribution is 2.24. The van der Waals surface area contributed by atoms with Crippen molar-refractivity contribution >= 4 is 10.2 Å². The summed E-state index contributed by atoms with van der Waals surface area (Å²) < 4.78 is 51.4. The van der Waals surface area contributed by atoms with Gasteiger partial charge in [-0.05, 0) is 18.3 Å². The third-order valence-electron chi connectivity index (χ3n) is 3.18. The summed E-state index contributed by atoms with van der Waals surface area (Å²) in [4.78, 5) is 0. The van der Waals surface area contributed by atoms with Gasteiger partial charge in [0.05, 0.1) is 13.2 Å². The van der Waals surface area contributed by atoms with Crippen LogP contribution in [0.25, 0.3) is 0 Å². The van der Waals surface area contributed by atoms with Crippen LogP contribution in [-0.4, -0.2) is 61.3 Å². The minimum atomic E-state index is -3.92. The Bertz CT molecular complexity index is 357. The first-order chi connectivity index (χ1) is 8.77. The molecule has 1 fully saturated rings. The van der Waals surface area contributed by atoms with Gasteiger partial charge in [-0.25, -0.2) is 8.78 Å². The van der Waals surface area contributed by atoms with Crippen molar-refractivity contribution in [1.29, 1.82) is 0 Å². The molecule has 0 aromatic carbocycles. The number of aliphatic hydroxyl groups excluding tert-OH is 1. The average molecular weight is 300 g/mol. The summed E-state index contributed by atoms with van der Waals surface area (Å²) in [5.74, 6) is 0.419. The molecule has 1 rings (SSSR count). The highest BCUT2D eigenvalue weighted by atomic mass is 32.2. The molecule has 0 spiro atoms. The van der Waals surface area contributed by atoms with Gasteiger partial charge >= 0.3 is 0 Å². The Morgan fingerprint density at radius 2 is 1.84 bits per heavy atom. The number of hydrogen-bond donors (Lipinski definition) is 1. The Labute approximate surface area is 113 Å². The van der Waals surface area contributed by atoms with E-state index in [1.54, 1.807) is 0 Å². The summed E-state index contributed by atoms with van der Waals surface area (Å²) in [7, 11) is -3.92. The zero-order valence-corrected chi connectivity index (χ0v) is 12.1. The molecule has 1 aliphatic heterocycles. The Hall–Kier alpha value is -0.310. The fourth-order valence-electron chi connectivity index (χ4n) is 2.52. The van der Waals surface area contributed by atoms with Crippen molar-refractivity contribution in [2.75, 3.05) is 32.8 Å². The van der Waals surface area contributed by atoms with Crippen molar-refractivity contribution < 1.29 is 22.3 Å². The number of hydrogen-bond acceptors (Lipinski definition) is 3. The quantitative estimate of drug-likeness (QED) is 0.788. The maximum absolute atomic E-state index is 12.5. The van der Waals surface area contributed by atoms with Crippen molar-refractivity contribution in [3.05, 3.63) is 0 Å². The second-order valence-corrected chi connectivity index (χ2v) is 7.17. The van der Waals surface area contributed by atoms with Gasteiger partial charge in [-0.1, -0.05) is 13.8 Å². The monoisotopic (exact) mass is 300 g/mol. The molecule has 0 bridgehead atoms. The molecule has 1 aliphatic rings. The second kappa shape index (κ2) is 6.92. The topological polar surface area (TPSA) is 60.9 Å².